The predicted octanol–water partition coefficient (Wildman–Crippen LogP) is 4.55. The Hall–Kier alpha value is -4.07. The highest BCUT2D eigenvalue weighted by atomic mass is 16.5. The number of hydrogen-bond acceptors (Lipinski definition) is 7. The summed E-state index contributed by atoms with van der Waals surface area (Å²) in [7, 11) is 7.93. The quantitative estimate of drug-likeness (QED) is 0.433. The van der Waals surface area contributed by atoms with Gasteiger partial charge in [-0.3, -0.25) is 4.79 Å². The van der Waals surface area contributed by atoms with Gasteiger partial charge in [0.15, 0.2) is 23.0 Å². The summed E-state index contributed by atoms with van der Waals surface area (Å²) in [6.45, 7) is 0.719. The molecule has 3 aromatic carbocycles. The average molecular weight is 494 g/mol. The summed E-state index contributed by atoms with van der Waals surface area (Å²) in [6, 6.07) is 16.1. The lowest BCUT2D eigenvalue weighted by atomic mass is 9.91. The van der Waals surface area contributed by atoms with E-state index in [9.17, 15) is 4.79 Å². The monoisotopic (exact) mass is 493 g/mol. The predicted molar refractivity (Wildman–Crippen MR) is 135 cm³/mol. The molecule has 1 aliphatic heterocycles. The van der Waals surface area contributed by atoms with Crippen LogP contribution < -0.4 is 28.4 Å². The summed E-state index contributed by atoms with van der Waals surface area (Å²) >= 11 is 0. The number of hydrogen-bond donors (Lipinski definition) is 0. The van der Waals surface area contributed by atoms with Crippen LogP contribution in [0.5, 0.6) is 34.5 Å². The van der Waals surface area contributed by atoms with E-state index in [1.165, 1.54) is 0 Å². The molecular weight excluding hydrogens is 462 g/mol. The number of carbonyl (C=O) groups is 1. The lowest BCUT2D eigenvalue weighted by Gasteiger charge is -2.37. The smallest absolute Gasteiger partial charge is 0.254 e. The van der Waals surface area contributed by atoms with E-state index in [1.54, 1.807) is 53.7 Å². The molecule has 0 bridgehead atoms. The molecule has 0 fully saturated rings. The number of rotatable bonds is 9. The second-order valence-corrected chi connectivity index (χ2v) is 8.23. The number of ether oxygens (including phenoxy) is 6. The molecule has 0 radical (unpaired) electrons. The summed E-state index contributed by atoms with van der Waals surface area (Å²) in [5.41, 5.74) is 2.49. The van der Waals surface area contributed by atoms with Gasteiger partial charge in [-0.25, -0.2) is 0 Å². The summed E-state index contributed by atoms with van der Waals surface area (Å²) in [5, 5.41) is 0. The van der Waals surface area contributed by atoms with Crippen molar-refractivity contribution in [1.82, 2.24) is 4.90 Å². The maximum absolute atomic E-state index is 13.8. The first-order valence-electron chi connectivity index (χ1n) is 11.6. The molecule has 0 spiro atoms. The van der Waals surface area contributed by atoms with Gasteiger partial charge in [0.25, 0.3) is 5.91 Å². The maximum atomic E-state index is 13.8. The lowest BCUT2D eigenvalue weighted by molar-refractivity contribution is 0.0586. The number of methoxy groups -OCH3 is 5. The van der Waals surface area contributed by atoms with E-state index in [0.29, 0.717) is 53.0 Å². The van der Waals surface area contributed by atoms with Crippen molar-refractivity contribution in [2.24, 2.45) is 0 Å². The third-order valence-electron chi connectivity index (χ3n) is 6.33. The van der Waals surface area contributed by atoms with E-state index in [0.717, 1.165) is 11.1 Å². The molecule has 8 heteroatoms. The first kappa shape index (κ1) is 25.0. The van der Waals surface area contributed by atoms with E-state index in [4.69, 9.17) is 28.4 Å². The molecule has 0 aliphatic carbocycles. The van der Waals surface area contributed by atoms with Crippen molar-refractivity contribution in [2.45, 2.75) is 12.5 Å². The molecule has 1 unspecified atom stereocenters. The Morgan fingerprint density at radius 3 is 2.00 bits per heavy atom. The topological polar surface area (TPSA) is 75.7 Å². The minimum Gasteiger partial charge on any atom is -0.497 e. The fourth-order valence-electron chi connectivity index (χ4n) is 4.45. The minimum absolute atomic E-state index is 0.152. The molecule has 190 valence electrons. The molecule has 8 nitrogen and oxygen atoms in total. The second kappa shape index (κ2) is 11.1. The second-order valence-electron chi connectivity index (χ2n) is 8.23. The van der Waals surface area contributed by atoms with E-state index >= 15 is 0 Å². The maximum Gasteiger partial charge on any atom is 0.254 e. The molecule has 1 atom stereocenters. The van der Waals surface area contributed by atoms with Gasteiger partial charge in [-0.2, -0.15) is 0 Å². The van der Waals surface area contributed by atoms with Crippen molar-refractivity contribution in [3.63, 3.8) is 0 Å². The number of para-hydroxylation sites is 2. The van der Waals surface area contributed by atoms with Crippen LogP contribution in [0, 0.1) is 0 Å². The first-order valence-corrected chi connectivity index (χ1v) is 11.6. The van der Waals surface area contributed by atoms with Crippen LogP contribution in [0.4, 0.5) is 0 Å². The minimum atomic E-state index is -0.386. The number of amides is 1. The summed E-state index contributed by atoms with van der Waals surface area (Å²) < 4.78 is 33.5. The van der Waals surface area contributed by atoms with E-state index in [2.05, 4.69) is 0 Å². The number of nitrogens with zero attached hydrogens (tertiary/aromatic N) is 1. The fraction of sp³-hybridized carbons (Fsp3) is 0.321. The zero-order valence-electron chi connectivity index (χ0n) is 21.2. The summed E-state index contributed by atoms with van der Waals surface area (Å²) in [4.78, 5) is 15.7. The molecule has 3 aromatic rings. The van der Waals surface area contributed by atoms with Crippen LogP contribution in [0.15, 0.2) is 54.6 Å². The molecule has 36 heavy (non-hydrogen) atoms. The standard InChI is InChI=1S/C28H31NO7/c1-31-20-12-19(13-21(15-20)32-2)28(30)29-11-10-18-14-26(34-4)27(35-5)16-22(18)23(29)17-36-25-9-7-6-8-24(25)33-3/h6-9,12-16,23H,10-11,17H2,1-5H3. The average Bonchev–Trinajstić information content (AvgIpc) is 2.94. The molecule has 0 N–H and O–H groups in total. The van der Waals surface area contributed by atoms with Crippen LogP contribution in [0.3, 0.4) is 0 Å². The van der Waals surface area contributed by atoms with Crippen molar-refractivity contribution in [1.29, 1.82) is 0 Å². The van der Waals surface area contributed by atoms with Crippen molar-refractivity contribution in [3.8, 4) is 34.5 Å². The number of fused-ring (bicyclic) bond motifs is 1. The lowest BCUT2D eigenvalue weighted by Crippen LogP contribution is -2.42. The molecule has 4 rings (SSSR count). The molecule has 0 saturated carbocycles. The van der Waals surface area contributed by atoms with Gasteiger partial charge in [-0.1, -0.05) is 12.1 Å². The Balaban J connectivity index is 1.74. The highest BCUT2D eigenvalue weighted by molar-refractivity contribution is 5.95. The van der Waals surface area contributed by atoms with E-state index in [1.807, 2.05) is 41.3 Å². The Labute approximate surface area is 211 Å². The largest absolute Gasteiger partial charge is 0.497 e. The van der Waals surface area contributed by atoms with Crippen LogP contribution in [-0.2, 0) is 6.42 Å². The highest BCUT2D eigenvalue weighted by Crippen LogP contribution is 2.40. The van der Waals surface area contributed by atoms with Crippen molar-refractivity contribution >= 4 is 5.91 Å². The van der Waals surface area contributed by atoms with Crippen LogP contribution in [0.25, 0.3) is 0 Å². The number of carbonyl (C=O) groups excluding carboxylic acids is 1. The van der Waals surface area contributed by atoms with Crippen LogP contribution in [0.2, 0.25) is 0 Å². The normalized spacial score (nSPS) is 14.5. The van der Waals surface area contributed by atoms with Gasteiger partial charge in [0.05, 0.1) is 41.6 Å². The SMILES string of the molecule is COc1cc(OC)cc(C(=O)N2CCc3cc(OC)c(OC)cc3C2COc2ccccc2OC)c1. The third kappa shape index (κ3) is 4.98. The fourth-order valence-corrected chi connectivity index (χ4v) is 4.45. The van der Waals surface area contributed by atoms with Crippen LogP contribution >= 0.6 is 0 Å². The highest BCUT2D eigenvalue weighted by Gasteiger charge is 2.34. The van der Waals surface area contributed by atoms with Gasteiger partial charge in [-0.05, 0) is 53.9 Å². The van der Waals surface area contributed by atoms with Gasteiger partial charge in [0.1, 0.15) is 18.1 Å². The Kier molecular flexibility index (Phi) is 7.73. The molecular formula is C28H31NO7. The number of benzene rings is 3. The van der Waals surface area contributed by atoms with Gasteiger partial charge in [0, 0.05) is 18.2 Å². The van der Waals surface area contributed by atoms with Crippen molar-refractivity contribution in [3.05, 3.63) is 71.3 Å². The Morgan fingerprint density at radius 1 is 0.778 bits per heavy atom. The molecule has 1 aliphatic rings. The molecule has 0 saturated heterocycles. The third-order valence-corrected chi connectivity index (χ3v) is 6.33. The Bertz CT molecular complexity index is 1200. The zero-order valence-corrected chi connectivity index (χ0v) is 21.2. The summed E-state index contributed by atoms with van der Waals surface area (Å²) in [6.07, 6.45) is 0.660. The van der Waals surface area contributed by atoms with E-state index < -0.39 is 0 Å². The van der Waals surface area contributed by atoms with E-state index in [-0.39, 0.29) is 18.6 Å². The zero-order chi connectivity index (χ0) is 25.7. The molecule has 0 aromatic heterocycles. The molecule has 1 heterocycles. The van der Waals surface area contributed by atoms with Crippen molar-refractivity contribution < 1.29 is 33.2 Å². The molecule has 1 amide bonds. The first-order chi connectivity index (χ1) is 17.5. The van der Waals surface area contributed by atoms with Crippen molar-refractivity contribution in [2.75, 3.05) is 48.7 Å². The van der Waals surface area contributed by atoms with Crippen LogP contribution in [-0.4, -0.2) is 59.5 Å². The van der Waals surface area contributed by atoms with Gasteiger partial charge < -0.3 is 33.3 Å². The van der Waals surface area contributed by atoms with Gasteiger partial charge in [0.2, 0.25) is 0 Å². The van der Waals surface area contributed by atoms with Gasteiger partial charge >= 0.3 is 0 Å². The summed E-state index contributed by atoms with van der Waals surface area (Å²) in [5.74, 6) is 3.40. The Morgan fingerprint density at radius 2 is 1.39 bits per heavy atom. The van der Waals surface area contributed by atoms with Gasteiger partial charge in [-0.15, -0.1) is 0 Å². The van der Waals surface area contributed by atoms with Crippen LogP contribution in [0.1, 0.15) is 27.5 Å².